The van der Waals surface area contributed by atoms with Crippen LogP contribution in [-0.4, -0.2) is 23.4 Å². The maximum atomic E-state index is 6.58. The van der Waals surface area contributed by atoms with E-state index in [0.29, 0.717) is 5.92 Å². The predicted molar refractivity (Wildman–Crippen MR) is 131 cm³/mol. The maximum absolute atomic E-state index is 6.58. The molecule has 0 N–H and O–H groups in total. The number of benzene rings is 1. The summed E-state index contributed by atoms with van der Waals surface area (Å²) in [6.07, 6.45) is 13.8. The molecule has 0 amide bonds. The Labute approximate surface area is 187 Å². The molecule has 3 heteroatoms. The van der Waals surface area contributed by atoms with E-state index in [0.717, 1.165) is 36.4 Å². The van der Waals surface area contributed by atoms with Gasteiger partial charge in [-0.1, -0.05) is 61.2 Å². The third-order valence-electron chi connectivity index (χ3n) is 6.05. The second-order valence-corrected chi connectivity index (χ2v) is 8.63. The van der Waals surface area contributed by atoms with Crippen LogP contribution in [0, 0.1) is 12.8 Å². The second kappa shape index (κ2) is 9.57. The molecule has 158 valence electrons. The Morgan fingerprint density at radius 1 is 1.30 bits per heavy atom. The average molecular weight is 421 g/mol. The maximum Gasteiger partial charge on any atom is 0.108 e. The normalized spacial score (nSPS) is 22.6. The molecule has 1 fully saturated rings. The summed E-state index contributed by atoms with van der Waals surface area (Å²) in [5, 5.41) is 0.882. The first-order valence-corrected chi connectivity index (χ1v) is 11.1. The zero-order valence-corrected chi connectivity index (χ0v) is 19.5. The molecule has 30 heavy (non-hydrogen) atoms. The first kappa shape index (κ1) is 22.2. The highest BCUT2D eigenvalue weighted by atomic mass is 35.5. The first-order chi connectivity index (χ1) is 14.4. The van der Waals surface area contributed by atoms with E-state index in [9.17, 15) is 0 Å². The zero-order valence-electron chi connectivity index (χ0n) is 18.7. The quantitative estimate of drug-likeness (QED) is 0.455. The highest BCUT2D eigenvalue weighted by molar-refractivity contribution is 6.33. The van der Waals surface area contributed by atoms with Crippen LogP contribution in [-0.2, 0) is 0 Å². The van der Waals surface area contributed by atoms with Crippen LogP contribution < -0.4 is 0 Å². The first-order valence-electron chi connectivity index (χ1n) is 10.7. The van der Waals surface area contributed by atoms with Gasteiger partial charge in [0.1, 0.15) is 5.82 Å². The molecular formula is C27H33ClN2. The molecule has 0 spiro atoms. The fraction of sp³-hybridized carbons (Fsp3) is 0.333. The summed E-state index contributed by atoms with van der Waals surface area (Å²) in [6, 6.07) is 6.30. The zero-order chi connectivity index (χ0) is 21.8. The molecule has 1 unspecified atom stereocenters. The Bertz CT molecular complexity index is 961. The number of hydrogen-bond donors (Lipinski definition) is 0. The topological polar surface area (TPSA) is 6.48 Å². The lowest BCUT2D eigenvalue weighted by molar-refractivity contribution is 0.385. The fourth-order valence-electron chi connectivity index (χ4n) is 4.46. The van der Waals surface area contributed by atoms with E-state index in [1.165, 1.54) is 33.9 Å². The summed E-state index contributed by atoms with van der Waals surface area (Å²) < 4.78 is 0. The van der Waals surface area contributed by atoms with Crippen LogP contribution >= 0.6 is 11.6 Å². The van der Waals surface area contributed by atoms with Crippen molar-refractivity contribution in [1.29, 1.82) is 0 Å². The summed E-state index contributed by atoms with van der Waals surface area (Å²) >= 11 is 6.58. The Balaban J connectivity index is 1.84. The van der Waals surface area contributed by atoms with E-state index in [1.807, 2.05) is 12.2 Å². The van der Waals surface area contributed by atoms with Crippen LogP contribution in [0.25, 0.3) is 5.57 Å². The van der Waals surface area contributed by atoms with Gasteiger partial charge in [-0.3, -0.25) is 0 Å². The Kier molecular flexibility index (Phi) is 7.10. The molecular weight excluding hydrogens is 388 g/mol. The number of allylic oxidation sites excluding steroid dienone is 8. The molecule has 0 saturated carbocycles. The highest BCUT2D eigenvalue weighted by Crippen LogP contribution is 2.41. The van der Waals surface area contributed by atoms with Gasteiger partial charge in [-0.15, -0.1) is 0 Å². The fourth-order valence-corrected chi connectivity index (χ4v) is 4.71. The number of likely N-dealkylation sites (N-methyl/N-ethyl adjacent to an activating group) is 1. The monoisotopic (exact) mass is 420 g/mol. The number of nitrogens with zero attached hydrogens (tertiary/aromatic N) is 2. The Morgan fingerprint density at radius 2 is 2.07 bits per heavy atom. The molecule has 1 heterocycles. The summed E-state index contributed by atoms with van der Waals surface area (Å²) in [7, 11) is 2.14. The van der Waals surface area contributed by atoms with Crippen LogP contribution in [0.2, 0.25) is 5.02 Å². The van der Waals surface area contributed by atoms with Crippen molar-refractivity contribution in [3.05, 3.63) is 101 Å². The molecule has 3 rings (SSSR count). The van der Waals surface area contributed by atoms with Crippen LogP contribution in [0.5, 0.6) is 0 Å². The lowest BCUT2D eigenvalue weighted by atomic mass is 9.84. The highest BCUT2D eigenvalue weighted by Gasteiger charge is 2.32. The molecule has 1 saturated heterocycles. The summed E-state index contributed by atoms with van der Waals surface area (Å²) in [5.74, 6) is 1.63. The van der Waals surface area contributed by atoms with Crippen molar-refractivity contribution in [3.63, 3.8) is 0 Å². The molecule has 0 radical (unpaired) electrons. The van der Waals surface area contributed by atoms with Gasteiger partial charge in [0.25, 0.3) is 0 Å². The summed E-state index contributed by atoms with van der Waals surface area (Å²) in [5.41, 5.74) is 7.32. The molecule has 1 aromatic carbocycles. The van der Waals surface area contributed by atoms with E-state index in [1.54, 1.807) is 0 Å². The van der Waals surface area contributed by atoms with Crippen molar-refractivity contribution in [1.82, 2.24) is 9.80 Å². The molecule has 0 aromatic heterocycles. The van der Waals surface area contributed by atoms with Gasteiger partial charge >= 0.3 is 0 Å². The second-order valence-electron chi connectivity index (χ2n) is 8.25. The van der Waals surface area contributed by atoms with Crippen LogP contribution in [0.4, 0.5) is 0 Å². The van der Waals surface area contributed by atoms with E-state index in [4.69, 9.17) is 11.6 Å². The number of rotatable bonds is 5. The minimum atomic E-state index is 0.422. The van der Waals surface area contributed by atoms with Crippen molar-refractivity contribution in [2.75, 3.05) is 13.6 Å². The smallest absolute Gasteiger partial charge is 0.108 e. The van der Waals surface area contributed by atoms with Gasteiger partial charge in [0.05, 0.1) is 11.6 Å². The number of hydrogen-bond acceptors (Lipinski definition) is 2. The predicted octanol–water partition coefficient (Wildman–Crippen LogP) is 7.47. The lowest BCUT2D eigenvalue weighted by Gasteiger charge is -2.32. The van der Waals surface area contributed by atoms with Gasteiger partial charge in [0.2, 0.25) is 0 Å². The van der Waals surface area contributed by atoms with E-state index >= 15 is 0 Å². The molecule has 2 nitrogen and oxygen atoms in total. The van der Waals surface area contributed by atoms with Gasteiger partial charge in [-0.05, 0) is 74.5 Å². The van der Waals surface area contributed by atoms with Crippen molar-refractivity contribution >= 4 is 17.2 Å². The molecule has 1 atom stereocenters. The minimum Gasteiger partial charge on any atom is -0.355 e. The number of aryl methyl sites for hydroxylation is 1. The van der Waals surface area contributed by atoms with E-state index < -0.39 is 0 Å². The lowest BCUT2D eigenvalue weighted by Crippen LogP contribution is -2.25. The van der Waals surface area contributed by atoms with Crippen molar-refractivity contribution in [3.8, 4) is 0 Å². The van der Waals surface area contributed by atoms with E-state index in [2.05, 4.69) is 87.2 Å². The molecule has 1 aliphatic heterocycles. The van der Waals surface area contributed by atoms with Crippen molar-refractivity contribution < 1.29 is 0 Å². The molecule has 0 bridgehead atoms. The Morgan fingerprint density at radius 3 is 2.70 bits per heavy atom. The largest absolute Gasteiger partial charge is 0.355 e. The molecule has 2 aliphatic rings. The standard InChI is InChI=1S/C27H33ClN2/c1-7-10-19(3)17-24-18-29(6)26(8-2)30(24)21(5)22-13-15-23(16-14-22)25-12-9-11-20(4)27(25)28/h7-12,15,17,22H,1,5,13-14,16,18H2,2-4,6H3/b19-10-,24-17-,26-8+. The number of halogens is 1. The van der Waals surface area contributed by atoms with Crippen molar-refractivity contribution in [2.45, 2.75) is 40.0 Å². The third-order valence-corrected chi connectivity index (χ3v) is 6.55. The van der Waals surface area contributed by atoms with Crippen molar-refractivity contribution in [2.24, 2.45) is 5.92 Å². The molecule has 1 aliphatic carbocycles. The third kappa shape index (κ3) is 4.49. The molecule has 1 aromatic rings. The van der Waals surface area contributed by atoms with Crippen LogP contribution in [0.3, 0.4) is 0 Å². The van der Waals surface area contributed by atoms with E-state index in [-0.39, 0.29) is 0 Å². The van der Waals surface area contributed by atoms with Gasteiger partial charge in [0, 0.05) is 24.4 Å². The van der Waals surface area contributed by atoms with Gasteiger partial charge < -0.3 is 9.80 Å². The van der Waals surface area contributed by atoms with Gasteiger partial charge in [-0.25, -0.2) is 0 Å². The van der Waals surface area contributed by atoms with Crippen LogP contribution in [0.15, 0.2) is 84.5 Å². The summed E-state index contributed by atoms with van der Waals surface area (Å²) in [4.78, 5) is 4.64. The van der Waals surface area contributed by atoms with Crippen LogP contribution in [0.1, 0.15) is 44.2 Å². The average Bonchev–Trinajstić information content (AvgIpc) is 3.04. The minimum absolute atomic E-state index is 0.422. The SMILES string of the molecule is C=C/C=C(C)\C=C1\CN(C)/C(=C\C)N1C(=C)C1CC=C(c2cccc(C)c2Cl)CC1. The summed E-state index contributed by atoms with van der Waals surface area (Å²) in [6.45, 7) is 15.5. The van der Waals surface area contributed by atoms with Gasteiger partial charge in [0.15, 0.2) is 0 Å². The van der Waals surface area contributed by atoms with Gasteiger partial charge in [-0.2, -0.15) is 0 Å². The Hall–Kier alpha value is -2.45.